The van der Waals surface area contributed by atoms with Gasteiger partial charge in [0.15, 0.2) is 0 Å². The molecule has 0 radical (unpaired) electrons. The van der Waals surface area contributed by atoms with Crippen molar-refractivity contribution in [2.24, 2.45) is 11.3 Å². The maximum atomic E-state index is 12.2. The second kappa shape index (κ2) is 6.29. The molecular formula is C17H22O4. The van der Waals surface area contributed by atoms with E-state index in [0.29, 0.717) is 24.8 Å². The maximum absolute atomic E-state index is 12.2. The van der Waals surface area contributed by atoms with Crippen LogP contribution < -0.4 is 0 Å². The minimum Gasteiger partial charge on any atom is -0.481 e. The van der Waals surface area contributed by atoms with Crippen molar-refractivity contribution in [2.45, 2.75) is 45.6 Å². The number of benzene rings is 1. The van der Waals surface area contributed by atoms with Crippen LogP contribution in [0.15, 0.2) is 30.3 Å². The van der Waals surface area contributed by atoms with Crippen LogP contribution in [-0.4, -0.2) is 23.1 Å². The first-order chi connectivity index (χ1) is 9.95. The molecule has 21 heavy (non-hydrogen) atoms. The molecule has 1 saturated carbocycles. The number of hydrogen-bond acceptors (Lipinski definition) is 3. The van der Waals surface area contributed by atoms with Gasteiger partial charge in [0.05, 0.1) is 5.56 Å². The normalized spacial score (nSPS) is 25.0. The fourth-order valence-corrected chi connectivity index (χ4v) is 3.28. The molecule has 0 bridgehead atoms. The van der Waals surface area contributed by atoms with Gasteiger partial charge in [-0.05, 0) is 43.7 Å². The summed E-state index contributed by atoms with van der Waals surface area (Å²) in [4.78, 5) is 24.0. The van der Waals surface area contributed by atoms with E-state index in [9.17, 15) is 14.7 Å². The van der Waals surface area contributed by atoms with Gasteiger partial charge in [-0.15, -0.1) is 0 Å². The number of hydrogen-bond donors (Lipinski definition) is 1. The van der Waals surface area contributed by atoms with Crippen LogP contribution in [0.3, 0.4) is 0 Å². The molecule has 1 aromatic rings. The third-order valence-corrected chi connectivity index (χ3v) is 4.16. The van der Waals surface area contributed by atoms with E-state index in [-0.39, 0.29) is 5.92 Å². The van der Waals surface area contributed by atoms with Crippen molar-refractivity contribution < 1.29 is 19.4 Å². The molecule has 0 spiro atoms. The molecule has 4 nitrogen and oxygen atoms in total. The van der Waals surface area contributed by atoms with Crippen LogP contribution in [-0.2, 0) is 9.53 Å². The van der Waals surface area contributed by atoms with E-state index in [1.165, 1.54) is 0 Å². The molecule has 0 aliphatic heterocycles. The summed E-state index contributed by atoms with van der Waals surface area (Å²) < 4.78 is 5.56. The van der Waals surface area contributed by atoms with Gasteiger partial charge in [-0.25, -0.2) is 4.79 Å². The lowest BCUT2D eigenvalue weighted by atomic mass is 9.77. The Labute approximate surface area is 125 Å². The molecule has 0 saturated heterocycles. The standard InChI is InChI=1S/C17H22O4/c1-12(2)11-17(16(19)20)10-6-9-14(17)21-15(18)13-7-4-3-5-8-13/h3-5,7-8,12,14H,6,9-11H2,1-2H3,(H,19,20). The fraction of sp³-hybridized carbons (Fsp3) is 0.529. The summed E-state index contributed by atoms with van der Waals surface area (Å²) in [6.07, 6.45) is 1.98. The van der Waals surface area contributed by atoms with Crippen molar-refractivity contribution in [3.63, 3.8) is 0 Å². The molecule has 0 aromatic heterocycles. The number of rotatable bonds is 5. The zero-order chi connectivity index (χ0) is 15.5. The Morgan fingerprint density at radius 1 is 1.33 bits per heavy atom. The summed E-state index contributed by atoms with van der Waals surface area (Å²) in [7, 11) is 0. The van der Waals surface area contributed by atoms with Gasteiger partial charge in [-0.3, -0.25) is 4.79 Å². The zero-order valence-electron chi connectivity index (χ0n) is 12.5. The quantitative estimate of drug-likeness (QED) is 0.843. The third-order valence-electron chi connectivity index (χ3n) is 4.16. The Hall–Kier alpha value is -1.84. The van der Waals surface area contributed by atoms with Crippen molar-refractivity contribution in [2.75, 3.05) is 0 Å². The first-order valence-corrected chi connectivity index (χ1v) is 7.45. The number of carboxylic acids is 1. The number of carbonyl (C=O) groups is 2. The van der Waals surface area contributed by atoms with Gasteiger partial charge in [0.25, 0.3) is 0 Å². The highest BCUT2D eigenvalue weighted by atomic mass is 16.5. The summed E-state index contributed by atoms with van der Waals surface area (Å²) in [6.45, 7) is 4.00. The van der Waals surface area contributed by atoms with Crippen molar-refractivity contribution in [3.05, 3.63) is 35.9 Å². The highest BCUT2D eigenvalue weighted by molar-refractivity contribution is 5.90. The predicted molar refractivity (Wildman–Crippen MR) is 79.0 cm³/mol. The second-order valence-electron chi connectivity index (χ2n) is 6.21. The second-order valence-corrected chi connectivity index (χ2v) is 6.21. The topological polar surface area (TPSA) is 63.6 Å². The number of carboxylic acid groups (broad SMARTS) is 1. The van der Waals surface area contributed by atoms with Gasteiger partial charge in [0, 0.05) is 0 Å². The Morgan fingerprint density at radius 2 is 2.00 bits per heavy atom. The first-order valence-electron chi connectivity index (χ1n) is 7.45. The summed E-state index contributed by atoms with van der Waals surface area (Å²) in [5.74, 6) is -1.03. The molecule has 0 heterocycles. The number of carbonyl (C=O) groups excluding carboxylic acids is 1. The smallest absolute Gasteiger partial charge is 0.338 e. The molecular weight excluding hydrogens is 268 g/mol. The van der Waals surface area contributed by atoms with Crippen LogP contribution in [0.1, 0.15) is 49.9 Å². The fourth-order valence-electron chi connectivity index (χ4n) is 3.28. The Balaban J connectivity index is 2.17. The third kappa shape index (κ3) is 3.26. The molecule has 1 aliphatic carbocycles. The monoisotopic (exact) mass is 290 g/mol. The van der Waals surface area contributed by atoms with Crippen LogP contribution in [0, 0.1) is 11.3 Å². The van der Waals surface area contributed by atoms with Crippen LogP contribution in [0.2, 0.25) is 0 Å². The molecule has 2 rings (SSSR count). The zero-order valence-corrected chi connectivity index (χ0v) is 12.5. The minimum atomic E-state index is -0.932. The van der Waals surface area contributed by atoms with E-state index >= 15 is 0 Å². The Kier molecular flexibility index (Phi) is 4.66. The van der Waals surface area contributed by atoms with Gasteiger partial charge in [-0.2, -0.15) is 0 Å². The van der Waals surface area contributed by atoms with Crippen molar-refractivity contribution >= 4 is 11.9 Å². The molecule has 2 unspecified atom stereocenters. The van der Waals surface area contributed by atoms with Gasteiger partial charge in [0.1, 0.15) is 11.5 Å². The van der Waals surface area contributed by atoms with E-state index in [4.69, 9.17) is 4.74 Å². The van der Waals surface area contributed by atoms with Gasteiger partial charge >= 0.3 is 11.9 Å². The van der Waals surface area contributed by atoms with Crippen molar-refractivity contribution in [1.82, 2.24) is 0 Å². The van der Waals surface area contributed by atoms with Crippen LogP contribution in [0.25, 0.3) is 0 Å². The summed E-state index contributed by atoms with van der Waals surface area (Å²) in [5.41, 5.74) is -0.466. The lowest BCUT2D eigenvalue weighted by molar-refractivity contribution is -0.156. The van der Waals surface area contributed by atoms with Gasteiger partial charge < -0.3 is 9.84 Å². The van der Waals surface area contributed by atoms with Gasteiger partial charge in [0.2, 0.25) is 0 Å². The average molecular weight is 290 g/mol. The van der Waals surface area contributed by atoms with E-state index in [1.54, 1.807) is 24.3 Å². The molecule has 1 aromatic carbocycles. The SMILES string of the molecule is CC(C)CC1(C(=O)O)CCCC1OC(=O)c1ccccc1. The molecule has 4 heteroatoms. The molecule has 1 aliphatic rings. The van der Waals surface area contributed by atoms with Crippen molar-refractivity contribution in [3.8, 4) is 0 Å². The maximum Gasteiger partial charge on any atom is 0.338 e. The van der Waals surface area contributed by atoms with Gasteiger partial charge in [-0.1, -0.05) is 32.0 Å². The predicted octanol–water partition coefficient (Wildman–Crippen LogP) is 3.51. The van der Waals surface area contributed by atoms with Crippen molar-refractivity contribution in [1.29, 1.82) is 0 Å². The Morgan fingerprint density at radius 3 is 2.57 bits per heavy atom. The van der Waals surface area contributed by atoms with Crippen LogP contribution in [0.5, 0.6) is 0 Å². The van der Waals surface area contributed by atoms with E-state index < -0.39 is 23.5 Å². The lowest BCUT2D eigenvalue weighted by Gasteiger charge is -2.32. The molecule has 1 N–H and O–H groups in total. The lowest BCUT2D eigenvalue weighted by Crippen LogP contribution is -2.42. The Bertz CT molecular complexity index is 509. The summed E-state index contributed by atoms with van der Waals surface area (Å²) >= 11 is 0. The molecule has 0 amide bonds. The molecule has 114 valence electrons. The minimum absolute atomic E-state index is 0.247. The molecule has 2 atom stereocenters. The van der Waals surface area contributed by atoms with Crippen LogP contribution >= 0.6 is 0 Å². The number of aliphatic carboxylic acids is 1. The number of ether oxygens (including phenoxy) is 1. The van der Waals surface area contributed by atoms with E-state index in [2.05, 4.69) is 0 Å². The largest absolute Gasteiger partial charge is 0.481 e. The molecule has 1 fully saturated rings. The summed E-state index contributed by atoms with van der Waals surface area (Å²) in [5, 5.41) is 9.68. The summed E-state index contributed by atoms with van der Waals surface area (Å²) in [6, 6.07) is 8.73. The van der Waals surface area contributed by atoms with E-state index in [1.807, 2.05) is 19.9 Å². The average Bonchev–Trinajstić information content (AvgIpc) is 2.83. The van der Waals surface area contributed by atoms with Crippen LogP contribution in [0.4, 0.5) is 0 Å². The van der Waals surface area contributed by atoms with E-state index in [0.717, 1.165) is 6.42 Å². The highest BCUT2D eigenvalue weighted by Crippen LogP contribution is 2.45. The number of esters is 1. The first kappa shape index (κ1) is 15.5. The highest BCUT2D eigenvalue weighted by Gasteiger charge is 2.51.